The van der Waals surface area contributed by atoms with Crippen LogP contribution in [0.3, 0.4) is 0 Å². The number of amides is 1. The van der Waals surface area contributed by atoms with Crippen LogP contribution in [0.25, 0.3) is 10.6 Å². The Morgan fingerprint density at radius 2 is 2.00 bits per heavy atom. The molecule has 1 unspecified atom stereocenters. The SMILES string of the molecule is CC1CCN(CC2CCCN(C(=O)c3csc(-c4ccccc4F)n3)C2)CC1. The first-order chi connectivity index (χ1) is 13.6. The van der Waals surface area contributed by atoms with Crippen molar-refractivity contribution >= 4 is 17.2 Å². The molecule has 150 valence electrons. The summed E-state index contributed by atoms with van der Waals surface area (Å²) in [6, 6.07) is 6.58. The number of hydrogen-bond donors (Lipinski definition) is 0. The fraction of sp³-hybridized carbons (Fsp3) is 0.545. The van der Waals surface area contributed by atoms with Gasteiger partial charge in [0, 0.05) is 30.6 Å². The second kappa shape index (κ2) is 8.70. The van der Waals surface area contributed by atoms with E-state index in [1.165, 1.54) is 49.8 Å². The van der Waals surface area contributed by atoms with Crippen molar-refractivity contribution in [2.24, 2.45) is 11.8 Å². The molecule has 2 aliphatic rings. The zero-order valence-electron chi connectivity index (χ0n) is 16.4. The van der Waals surface area contributed by atoms with Crippen LogP contribution in [0.1, 0.15) is 43.1 Å². The number of carbonyl (C=O) groups is 1. The van der Waals surface area contributed by atoms with E-state index >= 15 is 0 Å². The lowest BCUT2D eigenvalue weighted by Gasteiger charge is -2.37. The summed E-state index contributed by atoms with van der Waals surface area (Å²) in [5, 5.41) is 2.33. The second-order valence-corrected chi connectivity index (χ2v) is 9.12. The maximum atomic E-state index is 14.0. The number of likely N-dealkylation sites (tertiary alicyclic amines) is 2. The van der Waals surface area contributed by atoms with Crippen molar-refractivity contribution in [3.63, 3.8) is 0 Å². The van der Waals surface area contributed by atoms with E-state index in [1.807, 2.05) is 4.90 Å². The molecule has 0 N–H and O–H groups in total. The lowest BCUT2D eigenvalue weighted by molar-refractivity contribution is 0.0617. The molecule has 0 spiro atoms. The molecule has 3 heterocycles. The lowest BCUT2D eigenvalue weighted by atomic mass is 9.94. The highest BCUT2D eigenvalue weighted by Gasteiger charge is 2.28. The van der Waals surface area contributed by atoms with Crippen molar-refractivity contribution < 1.29 is 9.18 Å². The number of thiazole rings is 1. The van der Waals surface area contributed by atoms with E-state index in [0.717, 1.165) is 32.0 Å². The summed E-state index contributed by atoms with van der Waals surface area (Å²) in [7, 11) is 0. The molecule has 4 nitrogen and oxygen atoms in total. The van der Waals surface area contributed by atoms with E-state index in [-0.39, 0.29) is 11.7 Å². The standard InChI is InChI=1S/C22H28FN3OS/c1-16-8-11-25(12-9-16)13-17-5-4-10-26(14-17)22(27)20-15-28-21(24-20)18-6-2-3-7-19(18)23/h2-3,6-7,15-17H,4-5,8-14H2,1H3. The van der Waals surface area contributed by atoms with Gasteiger partial charge in [-0.3, -0.25) is 4.79 Å². The van der Waals surface area contributed by atoms with Gasteiger partial charge in [0.15, 0.2) is 0 Å². The van der Waals surface area contributed by atoms with E-state index in [9.17, 15) is 9.18 Å². The Balaban J connectivity index is 1.39. The van der Waals surface area contributed by atoms with Crippen molar-refractivity contribution in [3.05, 3.63) is 41.2 Å². The van der Waals surface area contributed by atoms with Gasteiger partial charge >= 0.3 is 0 Å². The number of carbonyl (C=O) groups excluding carboxylic acids is 1. The molecule has 28 heavy (non-hydrogen) atoms. The van der Waals surface area contributed by atoms with Crippen LogP contribution < -0.4 is 0 Å². The molecule has 2 fully saturated rings. The highest BCUT2D eigenvalue weighted by Crippen LogP contribution is 2.28. The predicted molar refractivity (Wildman–Crippen MR) is 111 cm³/mol. The van der Waals surface area contributed by atoms with Gasteiger partial charge in [-0.2, -0.15) is 0 Å². The van der Waals surface area contributed by atoms with Crippen LogP contribution in [-0.4, -0.2) is 53.4 Å². The summed E-state index contributed by atoms with van der Waals surface area (Å²) in [5.41, 5.74) is 0.901. The Morgan fingerprint density at radius 1 is 1.21 bits per heavy atom. The number of hydrogen-bond acceptors (Lipinski definition) is 4. The third-order valence-corrected chi connectivity index (χ3v) is 6.90. The van der Waals surface area contributed by atoms with Crippen LogP contribution in [0.2, 0.25) is 0 Å². The Bertz CT molecular complexity index is 816. The summed E-state index contributed by atoms with van der Waals surface area (Å²) < 4.78 is 14.0. The smallest absolute Gasteiger partial charge is 0.273 e. The van der Waals surface area contributed by atoms with Gasteiger partial charge in [0.1, 0.15) is 16.5 Å². The Morgan fingerprint density at radius 3 is 2.79 bits per heavy atom. The summed E-state index contributed by atoms with van der Waals surface area (Å²) in [4.78, 5) is 21.9. The van der Waals surface area contributed by atoms with E-state index < -0.39 is 0 Å². The molecule has 0 aliphatic carbocycles. The molecular weight excluding hydrogens is 373 g/mol. The Hall–Kier alpha value is -1.79. The summed E-state index contributed by atoms with van der Waals surface area (Å²) >= 11 is 1.33. The molecule has 0 saturated carbocycles. The van der Waals surface area contributed by atoms with Crippen LogP contribution in [-0.2, 0) is 0 Å². The molecule has 0 radical (unpaired) electrons. The molecule has 0 bridgehead atoms. The van der Waals surface area contributed by atoms with Crippen molar-refractivity contribution in [1.82, 2.24) is 14.8 Å². The van der Waals surface area contributed by atoms with Gasteiger partial charge in [0.05, 0.1) is 0 Å². The van der Waals surface area contributed by atoms with Crippen molar-refractivity contribution in [3.8, 4) is 10.6 Å². The Labute approximate surface area is 170 Å². The zero-order valence-corrected chi connectivity index (χ0v) is 17.3. The number of halogens is 1. The third kappa shape index (κ3) is 4.44. The van der Waals surface area contributed by atoms with Crippen LogP contribution >= 0.6 is 11.3 Å². The quantitative estimate of drug-likeness (QED) is 0.755. The fourth-order valence-corrected chi connectivity index (χ4v) is 5.12. The average molecular weight is 402 g/mol. The first-order valence-corrected chi connectivity index (χ1v) is 11.2. The minimum atomic E-state index is -0.301. The molecule has 1 atom stereocenters. The maximum absolute atomic E-state index is 14.0. The molecule has 1 aromatic carbocycles. The first-order valence-electron chi connectivity index (χ1n) is 10.3. The minimum Gasteiger partial charge on any atom is -0.337 e. The van der Waals surface area contributed by atoms with E-state index in [1.54, 1.807) is 23.6 Å². The highest BCUT2D eigenvalue weighted by atomic mass is 32.1. The highest BCUT2D eigenvalue weighted by molar-refractivity contribution is 7.13. The molecule has 2 saturated heterocycles. The fourth-order valence-electron chi connectivity index (χ4n) is 4.30. The third-order valence-electron chi connectivity index (χ3n) is 6.03. The molecule has 2 aromatic rings. The van der Waals surface area contributed by atoms with Gasteiger partial charge in [-0.15, -0.1) is 11.3 Å². The second-order valence-electron chi connectivity index (χ2n) is 8.26. The van der Waals surface area contributed by atoms with Gasteiger partial charge in [-0.25, -0.2) is 9.37 Å². The average Bonchev–Trinajstić information content (AvgIpc) is 3.20. The normalized spacial score (nSPS) is 21.8. The number of aromatic nitrogens is 1. The number of rotatable bonds is 4. The van der Waals surface area contributed by atoms with Gasteiger partial charge in [0.25, 0.3) is 5.91 Å². The molecular formula is C22H28FN3OS. The molecule has 2 aliphatic heterocycles. The minimum absolute atomic E-state index is 0.0178. The van der Waals surface area contributed by atoms with Crippen LogP contribution in [0.5, 0.6) is 0 Å². The summed E-state index contributed by atoms with van der Waals surface area (Å²) in [5.74, 6) is 1.06. The summed E-state index contributed by atoms with van der Waals surface area (Å²) in [6.07, 6.45) is 4.80. The maximum Gasteiger partial charge on any atom is 0.273 e. The number of nitrogens with zero attached hydrogens (tertiary/aromatic N) is 3. The summed E-state index contributed by atoms with van der Waals surface area (Å²) in [6.45, 7) is 7.39. The monoisotopic (exact) mass is 401 g/mol. The van der Waals surface area contributed by atoms with Crippen molar-refractivity contribution in [2.45, 2.75) is 32.6 Å². The van der Waals surface area contributed by atoms with E-state index in [2.05, 4.69) is 16.8 Å². The van der Waals surface area contributed by atoms with E-state index in [4.69, 9.17) is 0 Å². The van der Waals surface area contributed by atoms with Gasteiger partial charge < -0.3 is 9.80 Å². The number of benzene rings is 1. The van der Waals surface area contributed by atoms with Crippen LogP contribution in [0, 0.1) is 17.7 Å². The van der Waals surface area contributed by atoms with Crippen LogP contribution in [0.15, 0.2) is 29.6 Å². The van der Waals surface area contributed by atoms with Crippen molar-refractivity contribution in [1.29, 1.82) is 0 Å². The first kappa shape index (κ1) is 19.5. The predicted octanol–water partition coefficient (Wildman–Crippen LogP) is 4.53. The van der Waals surface area contributed by atoms with Crippen molar-refractivity contribution in [2.75, 3.05) is 32.7 Å². The Kier molecular flexibility index (Phi) is 6.07. The zero-order chi connectivity index (χ0) is 19.5. The van der Waals surface area contributed by atoms with E-state index in [0.29, 0.717) is 22.2 Å². The molecule has 6 heteroatoms. The van der Waals surface area contributed by atoms with Gasteiger partial charge in [-0.05, 0) is 62.7 Å². The van der Waals surface area contributed by atoms with Gasteiger partial charge in [0.2, 0.25) is 0 Å². The topological polar surface area (TPSA) is 36.4 Å². The van der Waals surface area contributed by atoms with Crippen LogP contribution in [0.4, 0.5) is 4.39 Å². The molecule has 4 rings (SSSR count). The van der Waals surface area contributed by atoms with Gasteiger partial charge in [-0.1, -0.05) is 19.1 Å². The lowest BCUT2D eigenvalue weighted by Crippen LogP contribution is -2.45. The largest absolute Gasteiger partial charge is 0.337 e. The number of piperidine rings is 2. The molecule has 1 amide bonds. The molecule has 1 aromatic heterocycles.